The Balaban J connectivity index is 1.62. The van der Waals surface area contributed by atoms with E-state index in [-0.39, 0.29) is 5.91 Å². The van der Waals surface area contributed by atoms with Crippen LogP contribution in [0.4, 0.5) is 5.69 Å². The minimum Gasteiger partial charge on any atom is -0.495 e. The Morgan fingerprint density at radius 3 is 2.93 bits per heavy atom. The number of anilines is 1. The van der Waals surface area contributed by atoms with Crippen LogP contribution >= 0.6 is 0 Å². The van der Waals surface area contributed by atoms with Crippen LogP contribution in [0.1, 0.15) is 11.3 Å². The number of aromatic nitrogens is 2. The summed E-state index contributed by atoms with van der Waals surface area (Å²) in [6.07, 6.45) is 8.51. The highest BCUT2D eigenvalue weighted by Gasteiger charge is 2.11. The van der Waals surface area contributed by atoms with Gasteiger partial charge in [0.15, 0.2) is 0 Å². The molecule has 6 heteroatoms. The van der Waals surface area contributed by atoms with Crippen LogP contribution < -0.4 is 10.1 Å². The van der Waals surface area contributed by atoms with E-state index in [1.165, 1.54) is 6.08 Å². The molecule has 1 N–H and O–H groups in total. The van der Waals surface area contributed by atoms with Gasteiger partial charge in [-0.2, -0.15) is 0 Å². The summed E-state index contributed by atoms with van der Waals surface area (Å²) in [4.78, 5) is 17.0. The van der Waals surface area contributed by atoms with Crippen LogP contribution in [0.5, 0.6) is 5.75 Å². The van der Waals surface area contributed by atoms with Crippen molar-refractivity contribution in [3.8, 4) is 17.0 Å². The number of methoxy groups -OCH3 is 1. The number of amides is 1. The molecule has 4 aromatic rings. The van der Waals surface area contributed by atoms with E-state index in [4.69, 9.17) is 9.15 Å². The summed E-state index contributed by atoms with van der Waals surface area (Å²) in [5.41, 5.74) is 4.29. The van der Waals surface area contributed by atoms with Crippen LogP contribution in [0.2, 0.25) is 0 Å². The summed E-state index contributed by atoms with van der Waals surface area (Å²) in [7, 11) is 1.57. The van der Waals surface area contributed by atoms with Gasteiger partial charge in [0.1, 0.15) is 17.2 Å². The first-order chi connectivity index (χ1) is 13.6. The van der Waals surface area contributed by atoms with E-state index in [0.717, 1.165) is 22.5 Å². The van der Waals surface area contributed by atoms with Crippen molar-refractivity contribution >= 4 is 23.3 Å². The number of nitrogens with zero attached hydrogens (tertiary/aromatic N) is 2. The monoisotopic (exact) mass is 373 g/mol. The number of furan rings is 1. The molecule has 1 amide bonds. The Labute approximate surface area is 162 Å². The van der Waals surface area contributed by atoms with Gasteiger partial charge in [-0.25, -0.2) is 4.98 Å². The highest BCUT2D eigenvalue weighted by atomic mass is 16.5. The van der Waals surface area contributed by atoms with Crippen molar-refractivity contribution in [2.45, 2.75) is 6.92 Å². The molecule has 0 fully saturated rings. The second kappa shape index (κ2) is 7.44. The maximum absolute atomic E-state index is 12.3. The van der Waals surface area contributed by atoms with Crippen molar-refractivity contribution in [2.24, 2.45) is 0 Å². The average molecular weight is 373 g/mol. The SMILES string of the molecule is COc1ccc(-c2cn3ccc(C)cc3n2)cc1NC(=O)/C=C/c1ccco1. The number of imidazole rings is 1. The third-order valence-electron chi connectivity index (χ3n) is 4.31. The minimum atomic E-state index is -0.280. The number of nitrogens with one attached hydrogen (secondary N) is 1. The first-order valence-corrected chi connectivity index (χ1v) is 8.79. The fraction of sp³-hybridized carbons (Fsp3) is 0.0909. The Bertz CT molecular complexity index is 1160. The molecule has 0 aliphatic rings. The van der Waals surface area contributed by atoms with Gasteiger partial charge in [-0.3, -0.25) is 4.79 Å². The number of hydrogen-bond acceptors (Lipinski definition) is 4. The maximum atomic E-state index is 12.3. The molecule has 0 atom stereocenters. The van der Waals surface area contributed by atoms with Crippen LogP contribution in [-0.2, 0) is 4.79 Å². The molecule has 3 aromatic heterocycles. The van der Waals surface area contributed by atoms with E-state index in [2.05, 4.69) is 10.3 Å². The zero-order chi connectivity index (χ0) is 19.5. The minimum absolute atomic E-state index is 0.280. The number of aryl methyl sites for hydroxylation is 1. The van der Waals surface area contributed by atoms with Crippen LogP contribution in [0.15, 0.2) is 71.6 Å². The van der Waals surface area contributed by atoms with Gasteiger partial charge in [0, 0.05) is 24.0 Å². The lowest BCUT2D eigenvalue weighted by molar-refractivity contribution is -0.111. The molecule has 0 radical (unpaired) electrons. The number of fused-ring (bicyclic) bond motifs is 1. The summed E-state index contributed by atoms with van der Waals surface area (Å²) < 4.78 is 12.5. The lowest BCUT2D eigenvalue weighted by Gasteiger charge is -2.10. The van der Waals surface area contributed by atoms with Crippen molar-refractivity contribution in [3.63, 3.8) is 0 Å². The van der Waals surface area contributed by atoms with Gasteiger partial charge in [0.25, 0.3) is 0 Å². The molecule has 0 saturated heterocycles. The van der Waals surface area contributed by atoms with E-state index in [1.54, 1.807) is 31.6 Å². The smallest absolute Gasteiger partial charge is 0.248 e. The highest BCUT2D eigenvalue weighted by molar-refractivity contribution is 6.03. The predicted molar refractivity (Wildman–Crippen MR) is 108 cm³/mol. The molecule has 0 bridgehead atoms. The summed E-state index contributed by atoms with van der Waals surface area (Å²) in [5.74, 6) is 0.899. The fourth-order valence-corrected chi connectivity index (χ4v) is 2.91. The lowest BCUT2D eigenvalue weighted by atomic mass is 10.1. The molecule has 0 aliphatic heterocycles. The highest BCUT2D eigenvalue weighted by Crippen LogP contribution is 2.30. The van der Waals surface area contributed by atoms with E-state index < -0.39 is 0 Å². The van der Waals surface area contributed by atoms with Gasteiger partial charge in [-0.05, 0) is 61.0 Å². The van der Waals surface area contributed by atoms with Gasteiger partial charge >= 0.3 is 0 Å². The molecule has 140 valence electrons. The number of hydrogen-bond donors (Lipinski definition) is 1. The molecular formula is C22H19N3O3. The molecular weight excluding hydrogens is 354 g/mol. The standard InChI is InChI=1S/C22H19N3O3/c1-15-9-10-25-14-19(23-21(25)12-15)16-5-7-20(27-2)18(13-16)24-22(26)8-6-17-4-3-11-28-17/h3-14H,1-2H3,(H,24,26)/b8-6+. The van der Waals surface area contributed by atoms with Crippen molar-refractivity contribution < 1.29 is 13.9 Å². The normalized spacial score (nSPS) is 11.2. The third-order valence-corrected chi connectivity index (χ3v) is 4.31. The quantitative estimate of drug-likeness (QED) is 0.521. The van der Waals surface area contributed by atoms with Crippen molar-refractivity contribution in [2.75, 3.05) is 12.4 Å². The molecule has 0 aliphatic carbocycles. The molecule has 0 spiro atoms. The molecule has 0 unspecified atom stereocenters. The Hall–Kier alpha value is -3.80. The largest absolute Gasteiger partial charge is 0.495 e. The summed E-state index contributed by atoms with van der Waals surface area (Å²) in [5, 5.41) is 2.85. The van der Waals surface area contributed by atoms with E-state index >= 15 is 0 Å². The summed E-state index contributed by atoms with van der Waals surface area (Å²) in [6.45, 7) is 2.03. The number of ether oxygens (including phenoxy) is 1. The number of benzene rings is 1. The Morgan fingerprint density at radius 1 is 1.25 bits per heavy atom. The Kier molecular flexibility index (Phi) is 4.68. The zero-order valence-electron chi connectivity index (χ0n) is 15.5. The Morgan fingerprint density at radius 2 is 2.14 bits per heavy atom. The molecule has 1 aromatic carbocycles. The topological polar surface area (TPSA) is 68.8 Å². The van der Waals surface area contributed by atoms with Gasteiger partial charge in [-0.1, -0.05) is 0 Å². The second-order valence-electron chi connectivity index (χ2n) is 6.35. The lowest BCUT2D eigenvalue weighted by Crippen LogP contribution is -2.09. The molecule has 3 heterocycles. The van der Waals surface area contributed by atoms with E-state index in [1.807, 2.05) is 54.0 Å². The van der Waals surface area contributed by atoms with Gasteiger partial charge in [-0.15, -0.1) is 0 Å². The molecule has 4 rings (SSSR count). The first kappa shape index (κ1) is 17.6. The van der Waals surface area contributed by atoms with Crippen molar-refractivity contribution in [3.05, 3.63) is 78.5 Å². The maximum Gasteiger partial charge on any atom is 0.248 e. The summed E-state index contributed by atoms with van der Waals surface area (Å²) in [6, 6.07) is 13.2. The van der Waals surface area contributed by atoms with Gasteiger partial charge in [0.05, 0.1) is 24.8 Å². The first-order valence-electron chi connectivity index (χ1n) is 8.79. The summed E-state index contributed by atoms with van der Waals surface area (Å²) >= 11 is 0. The second-order valence-corrected chi connectivity index (χ2v) is 6.35. The van der Waals surface area contributed by atoms with E-state index in [9.17, 15) is 4.79 Å². The van der Waals surface area contributed by atoms with Gasteiger partial charge < -0.3 is 18.9 Å². The van der Waals surface area contributed by atoms with Gasteiger partial charge in [0.2, 0.25) is 5.91 Å². The number of carbonyl (C=O) groups is 1. The average Bonchev–Trinajstić information content (AvgIpc) is 3.35. The molecule has 0 saturated carbocycles. The predicted octanol–water partition coefficient (Wildman–Crippen LogP) is 4.56. The molecule has 28 heavy (non-hydrogen) atoms. The van der Waals surface area contributed by atoms with E-state index in [0.29, 0.717) is 17.2 Å². The van der Waals surface area contributed by atoms with Crippen LogP contribution in [0.25, 0.3) is 23.0 Å². The van der Waals surface area contributed by atoms with Crippen LogP contribution in [-0.4, -0.2) is 22.4 Å². The van der Waals surface area contributed by atoms with Crippen molar-refractivity contribution in [1.29, 1.82) is 0 Å². The number of pyridine rings is 1. The zero-order valence-corrected chi connectivity index (χ0v) is 15.5. The van der Waals surface area contributed by atoms with Crippen molar-refractivity contribution in [1.82, 2.24) is 9.38 Å². The number of carbonyl (C=O) groups excluding carboxylic acids is 1. The molecule has 6 nitrogen and oxygen atoms in total. The fourth-order valence-electron chi connectivity index (χ4n) is 2.91. The van der Waals surface area contributed by atoms with Crippen LogP contribution in [0.3, 0.4) is 0 Å². The van der Waals surface area contributed by atoms with Crippen LogP contribution in [0, 0.1) is 6.92 Å². The third kappa shape index (κ3) is 3.66. The number of rotatable bonds is 5.